The lowest BCUT2D eigenvalue weighted by Gasteiger charge is -2.13. The van der Waals surface area contributed by atoms with E-state index in [1.54, 1.807) is 0 Å². The van der Waals surface area contributed by atoms with Gasteiger partial charge in [0, 0.05) is 24.7 Å². The highest BCUT2D eigenvalue weighted by molar-refractivity contribution is 7.89. The highest BCUT2D eigenvalue weighted by Crippen LogP contribution is 2.21. The fourth-order valence-corrected chi connectivity index (χ4v) is 2.16. The van der Waals surface area contributed by atoms with Crippen LogP contribution >= 0.6 is 11.6 Å². The average Bonchev–Trinajstić information content (AvgIpc) is 2.17. The van der Waals surface area contributed by atoms with Gasteiger partial charge in [0.2, 0.25) is 10.0 Å². The molecule has 0 aliphatic heterocycles. The molecule has 0 unspecified atom stereocenters. The third kappa shape index (κ3) is 2.34. The van der Waals surface area contributed by atoms with E-state index in [0.717, 1.165) is 10.4 Å². The van der Waals surface area contributed by atoms with Crippen LogP contribution in [0.2, 0.25) is 5.02 Å². The maximum absolute atomic E-state index is 11.7. The number of carbonyl (C=O) groups excluding carboxylic acids is 1. The van der Waals surface area contributed by atoms with E-state index in [-0.39, 0.29) is 15.5 Å². The van der Waals surface area contributed by atoms with Crippen LogP contribution in [0.5, 0.6) is 0 Å². The van der Waals surface area contributed by atoms with Crippen molar-refractivity contribution in [3.8, 4) is 0 Å². The second kappa shape index (κ2) is 4.40. The lowest BCUT2D eigenvalue weighted by Crippen LogP contribution is -2.25. The third-order valence-corrected chi connectivity index (χ3v) is 4.08. The summed E-state index contributed by atoms with van der Waals surface area (Å²) < 4.78 is 24.4. The lowest BCUT2D eigenvalue weighted by molar-refractivity contribution is -0.255. The summed E-state index contributed by atoms with van der Waals surface area (Å²) in [6.45, 7) is 0. The number of hydrogen-bond donors (Lipinski definition) is 0. The molecule has 0 heterocycles. The second-order valence-electron chi connectivity index (χ2n) is 3.22. The van der Waals surface area contributed by atoms with Gasteiger partial charge in [-0.3, -0.25) is 0 Å². The van der Waals surface area contributed by atoms with Crippen LogP contribution in [0.25, 0.3) is 0 Å². The van der Waals surface area contributed by atoms with Crippen molar-refractivity contribution >= 4 is 27.6 Å². The molecule has 0 bridgehead atoms. The molecule has 16 heavy (non-hydrogen) atoms. The summed E-state index contributed by atoms with van der Waals surface area (Å²) in [4.78, 5) is 10.5. The van der Waals surface area contributed by atoms with Crippen molar-refractivity contribution in [3.63, 3.8) is 0 Å². The molecule has 1 aromatic carbocycles. The summed E-state index contributed by atoms with van der Waals surface area (Å²) in [5.74, 6) is -1.51. The van der Waals surface area contributed by atoms with Crippen molar-refractivity contribution in [1.29, 1.82) is 0 Å². The Kier molecular flexibility index (Phi) is 3.57. The fraction of sp³-hybridized carbons (Fsp3) is 0.222. The van der Waals surface area contributed by atoms with Crippen LogP contribution in [0.15, 0.2) is 23.1 Å². The minimum atomic E-state index is -3.67. The number of hydrogen-bond acceptors (Lipinski definition) is 4. The van der Waals surface area contributed by atoms with Crippen LogP contribution in [0.1, 0.15) is 10.4 Å². The maximum Gasteiger partial charge on any atom is 0.242 e. The summed E-state index contributed by atoms with van der Waals surface area (Å²) in [5, 5.41) is 10.6. The molecule has 0 saturated carbocycles. The summed E-state index contributed by atoms with van der Waals surface area (Å²) in [7, 11) is -0.966. The average molecular weight is 263 g/mol. The molecule has 0 N–H and O–H groups in total. The molecule has 0 spiro atoms. The highest BCUT2D eigenvalue weighted by atomic mass is 35.5. The van der Waals surface area contributed by atoms with Crippen LogP contribution in [-0.2, 0) is 10.0 Å². The third-order valence-electron chi connectivity index (χ3n) is 1.94. The zero-order chi connectivity index (χ0) is 12.5. The van der Waals surface area contributed by atoms with Crippen molar-refractivity contribution in [2.24, 2.45) is 0 Å². The highest BCUT2D eigenvalue weighted by Gasteiger charge is 2.18. The number of aromatic carboxylic acids is 1. The Morgan fingerprint density at radius 1 is 1.38 bits per heavy atom. The smallest absolute Gasteiger partial charge is 0.242 e. The van der Waals surface area contributed by atoms with Gasteiger partial charge in [0.05, 0.1) is 10.9 Å². The molecule has 1 rings (SSSR count). The molecule has 0 saturated heterocycles. The van der Waals surface area contributed by atoms with Gasteiger partial charge in [-0.05, 0) is 18.2 Å². The number of halogens is 1. The summed E-state index contributed by atoms with van der Waals surface area (Å²) in [5.41, 5.74) is -0.343. The molecular weight excluding hydrogens is 254 g/mol. The van der Waals surface area contributed by atoms with E-state index in [0.29, 0.717) is 0 Å². The molecule has 7 heteroatoms. The number of nitrogens with zero attached hydrogens (tertiary/aromatic N) is 1. The molecule has 0 aliphatic carbocycles. The van der Waals surface area contributed by atoms with E-state index in [2.05, 4.69) is 0 Å². The Labute approximate surface area is 98.3 Å². The van der Waals surface area contributed by atoms with E-state index in [1.807, 2.05) is 0 Å². The number of benzene rings is 1. The zero-order valence-corrected chi connectivity index (χ0v) is 10.2. The molecule has 0 amide bonds. The Balaban J connectivity index is 3.40. The maximum atomic E-state index is 11.7. The number of carbonyl (C=O) groups is 1. The largest absolute Gasteiger partial charge is 0.545 e. The first-order chi connectivity index (χ1) is 7.26. The molecule has 5 nitrogen and oxygen atoms in total. The Morgan fingerprint density at radius 3 is 2.38 bits per heavy atom. The Morgan fingerprint density at radius 2 is 1.94 bits per heavy atom. The number of carboxylic acid groups (broad SMARTS) is 1. The minimum Gasteiger partial charge on any atom is -0.545 e. The van der Waals surface area contributed by atoms with Gasteiger partial charge in [0.1, 0.15) is 0 Å². The fourth-order valence-electron chi connectivity index (χ4n) is 1.03. The van der Waals surface area contributed by atoms with Gasteiger partial charge >= 0.3 is 0 Å². The second-order valence-corrected chi connectivity index (χ2v) is 5.78. The van der Waals surface area contributed by atoms with Crippen LogP contribution in [0.4, 0.5) is 0 Å². The summed E-state index contributed by atoms with van der Waals surface area (Å²) in [6.07, 6.45) is 0. The monoisotopic (exact) mass is 262 g/mol. The zero-order valence-electron chi connectivity index (χ0n) is 8.60. The van der Waals surface area contributed by atoms with E-state index in [9.17, 15) is 18.3 Å². The number of carboxylic acids is 1. The summed E-state index contributed by atoms with van der Waals surface area (Å²) in [6, 6.07) is 3.43. The van der Waals surface area contributed by atoms with Crippen LogP contribution in [0.3, 0.4) is 0 Å². The van der Waals surface area contributed by atoms with E-state index >= 15 is 0 Å². The van der Waals surface area contributed by atoms with Gasteiger partial charge < -0.3 is 9.90 Å². The first-order valence-electron chi connectivity index (χ1n) is 4.20. The first-order valence-corrected chi connectivity index (χ1v) is 6.02. The molecule has 0 aromatic heterocycles. The molecule has 1 aromatic rings. The van der Waals surface area contributed by atoms with E-state index in [1.165, 1.54) is 26.2 Å². The predicted molar refractivity (Wildman–Crippen MR) is 56.7 cm³/mol. The van der Waals surface area contributed by atoms with Crippen molar-refractivity contribution in [1.82, 2.24) is 4.31 Å². The topological polar surface area (TPSA) is 77.5 Å². The Bertz CT molecular complexity index is 524. The van der Waals surface area contributed by atoms with Crippen LogP contribution < -0.4 is 5.11 Å². The minimum absolute atomic E-state index is 0.0577. The molecule has 0 atom stereocenters. The van der Waals surface area contributed by atoms with Gasteiger partial charge in [-0.15, -0.1) is 0 Å². The number of sulfonamides is 1. The van der Waals surface area contributed by atoms with Crippen LogP contribution in [-0.4, -0.2) is 32.8 Å². The predicted octanol–water partition coefficient (Wildman–Crippen LogP) is -0.0462. The van der Waals surface area contributed by atoms with E-state index < -0.39 is 16.0 Å². The van der Waals surface area contributed by atoms with Crippen LogP contribution in [0, 0.1) is 0 Å². The molecular formula is C9H9ClNO4S-. The molecule has 0 aliphatic rings. The quantitative estimate of drug-likeness (QED) is 0.765. The Hall–Kier alpha value is -1.11. The molecule has 0 radical (unpaired) electrons. The summed E-state index contributed by atoms with van der Waals surface area (Å²) >= 11 is 5.59. The van der Waals surface area contributed by atoms with Gasteiger partial charge in [-0.25, -0.2) is 12.7 Å². The lowest BCUT2D eigenvalue weighted by atomic mass is 10.2. The molecule has 0 fully saturated rings. The number of rotatable bonds is 3. The van der Waals surface area contributed by atoms with E-state index in [4.69, 9.17) is 11.6 Å². The first kappa shape index (κ1) is 13.0. The van der Waals surface area contributed by atoms with Crippen molar-refractivity contribution in [3.05, 3.63) is 28.8 Å². The standard InChI is InChI=1S/C9H10ClNO4S/c1-11(2)16(14,15)6-3-4-8(10)7(5-6)9(12)13/h3-5H,1-2H3,(H,12,13)/p-1. The normalized spacial score (nSPS) is 11.8. The van der Waals surface area contributed by atoms with Crippen molar-refractivity contribution < 1.29 is 18.3 Å². The van der Waals surface area contributed by atoms with Crippen molar-refractivity contribution in [2.75, 3.05) is 14.1 Å². The molecule has 88 valence electrons. The SMILES string of the molecule is CN(C)S(=O)(=O)c1ccc(Cl)c(C(=O)[O-])c1. The van der Waals surface area contributed by atoms with Gasteiger partial charge in [0.25, 0.3) is 0 Å². The van der Waals surface area contributed by atoms with Gasteiger partial charge in [-0.2, -0.15) is 0 Å². The van der Waals surface area contributed by atoms with Gasteiger partial charge in [-0.1, -0.05) is 11.6 Å². The van der Waals surface area contributed by atoms with Crippen molar-refractivity contribution in [2.45, 2.75) is 4.90 Å². The van der Waals surface area contributed by atoms with Gasteiger partial charge in [0.15, 0.2) is 0 Å².